The van der Waals surface area contributed by atoms with Gasteiger partial charge in [-0.3, -0.25) is 14.7 Å². The molecule has 5 nitrogen and oxygen atoms in total. The van der Waals surface area contributed by atoms with E-state index in [1.54, 1.807) is 11.1 Å². The number of ketones is 1. The third-order valence-corrected chi connectivity index (χ3v) is 5.68. The first kappa shape index (κ1) is 20.6. The van der Waals surface area contributed by atoms with Crippen molar-refractivity contribution >= 4 is 16.6 Å². The summed E-state index contributed by atoms with van der Waals surface area (Å²) < 4.78 is 30.6. The molecule has 7 heteroatoms. The minimum absolute atomic E-state index is 0.0588. The SMILES string of the molecule is Cc1ncc(-c2ccc3cnc(CC(=O)C4(F)CN(CC(C)(C)F)C4)cc3c2)n1C. The van der Waals surface area contributed by atoms with Crippen LogP contribution in [0.3, 0.4) is 0 Å². The summed E-state index contributed by atoms with van der Waals surface area (Å²) in [7, 11) is 1.96. The highest BCUT2D eigenvalue weighted by molar-refractivity contribution is 5.92. The number of rotatable bonds is 6. The summed E-state index contributed by atoms with van der Waals surface area (Å²) in [6.07, 6.45) is 3.46. The van der Waals surface area contributed by atoms with Crippen LogP contribution in [0.2, 0.25) is 0 Å². The maximum absolute atomic E-state index is 14.9. The molecule has 0 aliphatic carbocycles. The molecule has 0 amide bonds. The molecule has 0 saturated carbocycles. The largest absolute Gasteiger partial charge is 0.331 e. The van der Waals surface area contributed by atoms with Crippen molar-refractivity contribution in [3.63, 3.8) is 0 Å². The van der Waals surface area contributed by atoms with E-state index >= 15 is 0 Å². The number of carbonyl (C=O) groups excluding carboxylic acids is 1. The number of alkyl halides is 2. The third kappa shape index (κ3) is 3.99. The molecule has 158 valence electrons. The molecule has 1 aromatic carbocycles. The fourth-order valence-electron chi connectivity index (χ4n) is 4.02. The molecule has 0 unspecified atom stereocenters. The van der Waals surface area contributed by atoms with E-state index in [9.17, 15) is 13.6 Å². The minimum Gasteiger partial charge on any atom is -0.331 e. The van der Waals surface area contributed by atoms with Gasteiger partial charge in [-0.05, 0) is 38.3 Å². The van der Waals surface area contributed by atoms with E-state index in [1.807, 2.05) is 49.0 Å². The van der Waals surface area contributed by atoms with Gasteiger partial charge < -0.3 is 4.57 Å². The Balaban J connectivity index is 1.51. The molecule has 1 aliphatic rings. The van der Waals surface area contributed by atoms with E-state index in [0.29, 0.717) is 5.69 Å². The van der Waals surface area contributed by atoms with E-state index in [-0.39, 0.29) is 26.1 Å². The van der Waals surface area contributed by atoms with Crippen LogP contribution in [-0.2, 0) is 18.3 Å². The van der Waals surface area contributed by atoms with Crippen molar-refractivity contribution in [3.8, 4) is 11.3 Å². The number of halogens is 2. The van der Waals surface area contributed by atoms with Crippen molar-refractivity contribution in [1.82, 2.24) is 19.4 Å². The zero-order valence-corrected chi connectivity index (χ0v) is 17.7. The van der Waals surface area contributed by atoms with Gasteiger partial charge in [0.2, 0.25) is 0 Å². The van der Waals surface area contributed by atoms with Gasteiger partial charge in [0.25, 0.3) is 0 Å². The van der Waals surface area contributed by atoms with Crippen molar-refractivity contribution in [2.45, 2.75) is 38.5 Å². The lowest BCUT2D eigenvalue weighted by molar-refractivity contribution is -0.144. The van der Waals surface area contributed by atoms with Gasteiger partial charge in [0, 0.05) is 49.5 Å². The Labute approximate surface area is 174 Å². The molecular weight excluding hydrogens is 386 g/mol. The fourth-order valence-corrected chi connectivity index (χ4v) is 4.02. The number of likely N-dealkylation sites (tertiary alicyclic amines) is 1. The van der Waals surface area contributed by atoms with E-state index in [1.165, 1.54) is 13.8 Å². The van der Waals surface area contributed by atoms with Crippen molar-refractivity contribution in [2.24, 2.45) is 7.05 Å². The Morgan fingerprint density at radius 3 is 2.53 bits per heavy atom. The fraction of sp³-hybridized carbons (Fsp3) is 0.435. The molecule has 0 N–H and O–H groups in total. The van der Waals surface area contributed by atoms with Crippen molar-refractivity contribution in [1.29, 1.82) is 0 Å². The number of hydrogen-bond acceptors (Lipinski definition) is 4. The molecule has 1 fully saturated rings. The maximum Gasteiger partial charge on any atom is 0.194 e. The molecule has 3 heterocycles. The summed E-state index contributed by atoms with van der Waals surface area (Å²) in [4.78, 5) is 22.9. The summed E-state index contributed by atoms with van der Waals surface area (Å²) in [5, 5.41) is 1.88. The smallest absolute Gasteiger partial charge is 0.194 e. The molecule has 30 heavy (non-hydrogen) atoms. The van der Waals surface area contributed by atoms with Crippen LogP contribution >= 0.6 is 0 Å². The highest BCUT2D eigenvalue weighted by Crippen LogP contribution is 2.30. The third-order valence-electron chi connectivity index (χ3n) is 5.68. The predicted molar refractivity (Wildman–Crippen MR) is 113 cm³/mol. The second kappa shape index (κ2) is 7.23. The highest BCUT2D eigenvalue weighted by Gasteiger charge is 2.50. The number of hydrogen-bond donors (Lipinski definition) is 0. The lowest BCUT2D eigenvalue weighted by Gasteiger charge is -2.44. The number of carbonyl (C=O) groups is 1. The first-order chi connectivity index (χ1) is 14.0. The topological polar surface area (TPSA) is 51.0 Å². The summed E-state index contributed by atoms with van der Waals surface area (Å²) >= 11 is 0. The second-order valence-corrected chi connectivity index (χ2v) is 8.92. The molecule has 3 aromatic rings. The monoisotopic (exact) mass is 412 g/mol. The molecular formula is C23H26F2N4O. The first-order valence-corrected chi connectivity index (χ1v) is 10.0. The van der Waals surface area contributed by atoms with Crippen molar-refractivity contribution in [3.05, 3.63) is 48.2 Å². The predicted octanol–water partition coefficient (Wildman–Crippen LogP) is 3.83. The highest BCUT2D eigenvalue weighted by atomic mass is 19.1. The maximum atomic E-state index is 14.9. The summed E-state index contributed by atoms with van der Waals surface area (Å²) in [6, 6.07) is 7.85. The summed E-state index contributed by atoms with van der Waals surface area (Å²) in [5.74, 6) is 0.422. The zero-order valence-electron chi connectivity index (χ0n) is 17.7. The lowest BCUT2D eigenvalue weighted by Crippen LogP contribution is -2.65. The van der Waals surface area contributed by atoms with Crippen molar-refractivity contribution < 1.29 is 13.6 Å². The zero-order chi connectivity index (χ0) is 21.7. The van der Waals surface area contributed by atoms with Crippen LogP contribution in [0.15, 0.2) is 36.7 Å². The Morgan fingerprint density at radius 2 is 1.90 bits per heavy atom. The Morgan fingerprint density at radius 1 is 1.17 bits per heavy atom. The molecule has 0 bridgehead atoms. The molecule has 2 aromatic heterocycles. The number of benzene rings is 1. The molecule has 0 radical (unpaired) electrons. The number of nitrogens with zero attached hydrogens (tertiary/aromatic N) is 4. The van der Waals surface area contributed by atoms with Crippen LogP contribution in [0.25, 0.3) is 22.0 Å². The number of fused-ring (bicyclic) bond motifs is 1. The van der Waals surface area contributed by atoms with Gasteiger partial charge in [-0.1, -0.05) is 12.1 Å². The standard InChI is InChI=1S/C23H26F2N4O/c1-15-26-11-20(28(15)4)16-5-6-17-10-27-19(8-18(17)7-16)9-21(30)23(25)13-29(14-23)12-22(2,3)24/h5-8,10-11H,9,12-14H2,1-4H3. The number of pyridine rings is 1. The van der Waals surface area contributed by atoms with E-state index in [0.717, 1.165) is 27.9 Å². The Bertz CT molecular complexity index is 1110. The average molecular weight is 412 g/mol. The number of imidazole rings is 1. The Kier molecular flexibility index (Phi) is 4.97. The quantitative estimate of drug-likeness (QED) is 0.618. The number of aryl methyl sites for hydroxylation is 1. The minimum atomic E-state index is -1.92. The van der Waals surface area contributed by atoms with E-state index in [4.69, 9.17) is 0 Å². The second-order valence-electron chi connectivity index (χ2n) is 8.92. The van der Waals surface area contributed by atoms with Crippen LogP contribution in [0, 0.1) is 6.92 Å². The number of Topliss-reactive ketones (excluding diaryl/α,β-unsaturated/α-hetero) is 1. The number of aromatic nitrogens is 3. The van der Waals surface area contributed by atoms with Gasteiger partial charge in [-0.25, -0.2) is 13.8 Å². The van der Waals surface area contributed by atoms with Crippen LogP contribution in [-0.4, -0.2) is 56.2 Å². The van der Waals surface area contributed by atoms with Gasteiger partial charge in [-0.2, -0.15) is 0 Å². The van der Waals surface area contributed by atoms with Crippen LogP contribution in [0.5, 0.6) is 0 Å². The average Bonchev–Trinajstić information content (AvgIpc) is 2.97. The van der Waals surface area contributed by atoms with Gasteiger partial charge >= 0.3 is 0 Å². The molecule has 0 atom stereocenters. The summed E-state index contributed by atoms with van der Waals surface area (Å²) in [6.45, 7) is 4.85. The Hall–Kier alpha value is -2.67. The van der Waals surface area contributed by atoms with Gasteiger partial charge in [-0.15, -0.1) is 0 Å². The lowest BCUT2D eigenvalue weighted by atomic mass is 9.87. The molecule has 1 aliphatic heterocycles. The van der Waals surface area contributed by atoms with E-state index < -0.39 is 17.1 Å². The van der Waals surface area contributed by atoms with Gasteiger partial charge in [0.05, 0.1) is 18.3 Å². The van der Waals surface area contributed by atoms with Gasteiger partial charge in [0.1, 0.15) is 11.5 Å². The normalized spacial score (nSPS) is 16.6. The summed E-state index contributed by atoms with van der Waals surface area (Å²) in [5.41, 5.74) is -0.784. The first-order valence-electron chi connectivity index (χ1n) is 10.0. The van der Waals surface area contributed by atoms with Crippen LogP contribution in [0.1, 0.15) is 25.4 Å². The molecule has 0 spiro atoms. The van der Waals surface area contributed by atoms with Crippen LogP contribution < -0.4 is 0 Å². The molecule has 4 rings (SSSR count). The van der Waals surface area contributed by atoms with Crippen molar-refractivity contribution in [2.75, 3.05) is 19.6 Å². The van der Waals surface area contributed by atoms with Gasteiger partial charge in [0.15, 0.2) is 11.5 Å². The van der Waals surface area contributed by atoms with Crippen LogP contribution in [0.4, 0.5) is 8.78 Å². The molecule has 1 saturated heterocycles. The van der Waals surface area contributed by atoms with E-state index in [2.05, 4.69) is 9.97 Å².